The molecule has 2 fully saturated rings. The number of likely N-dealkylation sites (tertiary alicyclic amines) is 1. The van der Waals surface area contributed by atoms with Gasteiger partial charge >= 0.3 is 6.03 Å². The lowest BCUT2D eigenvalue weighted by atomic mass is 9.82. The Morgan fingerprint density at radius 1 is 1.39 bits per heavy atom. The molecule has 3 rings (SSSR count). The number of urea groups is 1. The summed E-state index contributed by atoms with van der Waals surface area (Å²) in [6, 6.07) is -0.0305. The zero-order valence-electron chi connectivity index (χ0n) is 14.0. The van der Waals surface area contributed by atoms with Crippen LogP contribution in [-0.4, -0.2) is 40.8 Å². The highest BCUT2D eigenvalue weighted by Crippen LogP contribution is 2.35. The van der Waals surface area contributed by atoms with E-state index in [1.54, 1.807) is 0 Å². The molecule has 2 heterocycles. The first-order valence-electron chi connectivity index (χ1n) is 8.64. The predicted molar refractivity (Wildman–Crippen MR) is 83.6 cm³/mol. The van der Waals surface area contributed by atoms with Crippen molar-refractivity contribution in [2.75, 3.05) is 19.7 Å². The van der Waals surface area contributed by atoms with Crippen LogP contribution in [0.3, 0.4) is 0 Å². The lowest BCUT2D eigenvalue weighted by Crippen LogP contribution is -2.38. The van der Waals surface area contributed by atoms with Gasteiger partial charge in [0.05, 0.1) is 6.54 Å². The molecule has 1 aliphatic carbocycles. The minimum Gasteiger partial charge on any atom is -0.371 e. The SMILES string of the molecule is CCO[C@H](C)c1noc(CNC(=O)N2C[C@H]3CCCC[C@@H]3C2)n1. The van der Waals surface area contributed by atoms with Crippen LogP contribution in [0.5, 0.6) is 0 Å². The Labute approximate surface area is 136 Å². The monoisotopic (exact) mass is 322 g/mol. The standard InChI is InChI=1S/C16H26N4O3/c1-3-22-11(2)15-18-14(23-19-15)8-17-16(21)20-9-12-6-4-5-7-13(12)10-20/h11-13H,3-10H2,1-2H3,(H,17,21)/t11-,12-,13-/m1/s1. The highest BCUT2D eigenvalue weighted by molar-refractivity contribution is 5.74. The van der Waals surface area contributed by atoms with Gasteiger partial charge in [0.25, 0.3) is 0 Å². The van der Waals surface area contributed by atoms with Crippen LogP contribution in [0.2, 0.25) is 0 Å². The quantitative estimate of drug-likeness (QED) is 0.901. The van der Waals surface area contributed by atoms with Crippen molar-refractivity contribution in [3.8, 4) is 0 Å². The third kappa shape index (κ3) is 3.83. The molecule has 1 aromatic heterocycles. The first-order valence-corrected chi connectivity index (χ1v) is 8.64. The number of rotatable bonds is 5. The fourth-order valence-electron chi connectivity index (χ4n) is 3.66. The molecular formula is C16H26N4O3. The van der Waals surface area contributed by atoms with Gasteiger partial charge in [0.1, 0.15) is 6.10 Å². The number of aromatic nitrogens is 2. The van der Waals surface area contributed by atoms with Crippen LogP contribution in [0.15, 0.2) is 4.52 Å². The maximum Gasteiger partial charge on any atom is 0.317 e. The number of carbonyl (C=O) groups excluding carboxylic acids is 1. The van der Waals surface area contributed by atoms with Crippen molar-refractivity contribution in [3.05, 3.63) is 11.7 Å². The van der Waals surface area contributed by atoms with E-state index in [0.29, 0.717) is 30.2 Å². The van der Waals surface area contributed by atoms with Gasteiger partial charge in [-0.25, -0.2) is 4.79 Å². The van der Waals surface area contributed by atoms with E-state index >= 15 is 0 Å². The third-order valence-electron chi connectivity index (χ3n) is 4.92. The van der Waals surface area contributed by atoms with E-state index in [4.69, 9.17) is 9.26 Å². The van der Waals surface area contributed by atoms with Gasteiger partial charge in [-0.2, -0.15) is 4.98 Å². The van der Waals surface area contributed by atoms with Gasteiger partial charge in [0, 0.05) is 19.7 Å². The van der Waals surface area contributed by atoms with Gasteiger partial charge in [0.2, 0.25) is 5.89 Å². The summed E-state index contributed by atoms with van der Waals surface area (Å²) >= 11 is 0. The van der Waals surface area contributed by atoms with Crippen molar-refractivity contribution in [2.24, 2.45) is 11.8 Å². The number of carbonyl (C=O) groups is 1. The van der Waals surface area contributed by atoms with Gasteiger partial charge in [-0.1, -0.05) is 18.0 Å². The summed E-state index contributed by atoms with van der Waals surface area (Å²) in [7, 11) is 0. The molecule has 2 aliphatic rings. The van der Waals surface area contributed by atoms with Crippen molar-refractivity contribution in [3.63, 3.8) is 0 Å². The molecule has 2 amide bonds. The highest BCUT2D eigenvalue weighted by Gasteiger charge is 2.36. The Bertz CT molecular complexity index is 519. The Balaban J connectivity index is 1.47. The first kappa shape index (κ1) is 16.2. The minimum atomic E-state index is -0.199. The fourth-order valence-corrected chi connectivity index (χ4v) is 3.66. The summed E-state index contributed by atoms with van der Waals surface area (Å²) in [5, 5.41) is 6.78. The summed E-state index contributed by atoms with van der Waals surface area (Å²) in [6.07, 6.45) is 4.93. The molecule has 1 aliphatic heterocycles. The van der Waals surface area contributed by atoms with Crippen molar-refractivity contribution in [1.29, 1.82) is 0 Å². The van der Waals surface area contributed by atoms with E-state index in [9.17, 15) is 4.79 Å². The van der Waals surface area contributed by atoms with Gasteiger partial charge in [-0.15, -0.1) is 0 Å². The van der Waals surface area contributed by atoms with Gasteiger partial charge < -0.3 is 19.5 Å². The van der Waals surface area contributed by atoms with E-state index in [-0.39, 0.29) is 18.7 Å². The number of ether oxygens (including phenoxy) is 1. The van der Waals surface area contributed by atoms with Crippen LogP contribution in [-0.2, 0) is 11.3 Å². The Morgan fingerprint density at radius 2 is 2.09 bits per heavy atom. The maximum atomic E-state index is 12.3. The van der Waals surface area contributed by atoms with Gasteiger partial charge in [-0.05, 0) is 38.5 Å². The smallest absolute Gasteiger partial charge is 0.317 e. The van der Waals surface area contributed by atoms with E-state index in [2.05, 4.69) is 15.5 Å². The van der Waals surface area contributed by atoms with Crippen molar-refractivity contribution < 1.29 is 14.1 Å². The van der Waals surface area contributed by atoms with Crippen LogP contribution < -0.4 is 5.32 Å². The molecule has 7 nitrogen and oxygen atoms in total. The number of nitrogens with one attached hydrogen (secondary N) is 1. The number of amides is 2. The second kappa shape index (κ2) is 7.29. The van der Waals surface area contributed by atoms with E-state index in [1.807, 2.05) is 18.7 Å². The van der Waals surface area contributed by atoms with Crippen LogP contribution in [0.1, 0.15) is 57.3 Å². The van der Waals surface area contributed by atoms with Crippen molar-refractivity contribution >= 4 is 6.03 Å². The molecule has 7 heteroatoms. The minimum absolute atomic E-state index is 0.0305. The normalized spacial score (nSPS) is 25.2. The average molecular weight is 322 g/mol. The third-order valence-corrected chi connectivity index (χ3v) is 4.92. The zero-order chi connectivity index (χ0) is 16.2. The van der Waals surface area contributed by atoms with E-state index in [0.717, 1.165) is 13.1 Å². The van der Waals surface area contributed by atoms with Gasteiger partial charge in [-0.3, -0.25) is 0 Å². The van der Waals surface area contributed by atoms with Crippen LogP contribution in [0.4, 0.5) is 4.79 Å². The summed E-state index contributed by atoms with van der Waals surface area (Å²) in [6.45, 7) is 6.42. The highest BCUT2D eigenvalue weighted by atomic mass is 16.5. The fraction of sp³-hybridized carbons (Fsp3) is 0.812. The Hall–Kier alpha value is -1.63. The summed E-state index contributed by atoms with van der Waals surface area (Å²) < 4.78 is 10.6. The molecule has 1 N–H and O–H groups in total. The Kier molecular flexibility index (Phi) is 5.15. The van der Waals surface area contributed by atoms with Crippen molar-refractivity contribution in [2.45, 2.75) is 52.2 Å². The largest absolute Gasteiger partial charge is 0.371 e. The Morgan fingerprint density at radius 3 is 2.74 bits per heavy atom. The number of hydrogen-bond donors (Lipinski definition) is 1. The van der Waals surface area contributed by atoms with Crippen LogP contribution in [0, 0.1) is 11.8 Å². The molecule has 128 valence electrons. The van der Waals surface area contributed by atoms with Crippen LogP contribution in [0.25, 0.3) is 0 Å². The maximum absolute atomic E-state index is 12.3. The molecular weight excluding hydrogens is 296 g/mol. The molecule has 1 saturated carbocycles. The van der Waals surface area contributed by atoms with Crippen molar-refractivity contribution in [1.82, 2.24) is 20.4 Å². The number of nitrogens with zero attached hydrogens (tertiary/aromatic N) is 3. The molecule has 1 aromatic rings. The summed E-state index contributed by atoms with van der Waals surface area (Å²) in [5.74, 6) is 2.31. The average Bonchev–Trinajstić information content (AvgIpc) is 3.19. The second-order valence-electron chi connectivity index (χ2n) is 6.51. The van der Waals surface area contributed by atoms with E-state index < -0.39 is 0 Å². The zero-order valence-corrected chi connectivity index (χ0v) is 14.0. The topological polar surface area (TPSA) is 80.5 Å². The molecule has 3 atom stereocenters. The van der Waals surface area contributed by atoms with Gasteiger partial charge in [0.15, 0.2) is 5.82 Å². The molecule has 0 radical (unpaired) electrons. The number of fused-ring (bicyclic) bond motifs is 1. The lowest BCUT2D eigenvalue weighted by molar-refractivity contribution is 0.0683. The number of hydrogen-bond acceptors (Lipinski definition) is 5. The second-order valence-corrected chi connectivity index (χ2v) is 6.51. The summed E-state index contributed by atoms with van der Waals surface area (Å²) in [4.78, 5) is 18.5. The van der Waals surface area contributed by atoms with E-state index in [1.165, 1.54) is 25.7 Å². The van der Waals surface area contributed by atoms with Crippen LogP contribution >= 0.6 is 0 Å². The lowest BCUT2D eigenvalue weighted by Gasteiger charge is -2.22. The predicted octanol–water partition coefficient (Wildman–Crippen LogP) is 2.50. The molecule has 0 bridgehead atoms. The molecule has 23 heavy (non-hydrogen) atoms. The first-order chi connectivity index (χ1) is 11.2. The molecule has 1 saturated heterocycles. The molecule has 0 unspecified atom stereocenters. The molecule has 0 spiro atoms. The molecule has 0 aromatic carbocycles. The summed E-state index contributed by atoms with van der Waals surface area (Å²) in [5.41, 5.74) is 0.